The summed E-state index contributed by atoms with van der Waals surface area (Å²) in [4.78, 5) is 50.9. The molecule has 1 heterocycles. The van der Waals surface area contributed by atoms with Gasteiger partial charge in [0.2, 0.25) is 0 Å². The molecule has 168 valence electrons. The van der Waals surface area contributed by atoms with Gasteiger partial charge < -0.3 is 15.4 Å². The molecule has 0 radical (unpaired) electrons. The highest BCUT2D eigenvalue weighted by molar-refractivity contribution is 6.08. The number of ether oxygens (including phenoxy) is 1. The zero-order valence-electron chi connectivity index (χ0n) is 18.4. The zero-order valence-corrected chi connectivity index (χ0v) is 18.4. The predicted molar refractivity (Wildman–Crippen MR) is 114 cm³/mol. The van der Waals surface area contributed by atoms with Gasteiger partial charge in [-0.15, -0.1) is 0 Å². The van der Waals surface area contributed by atoms with E-state index in [0.717, 1.165) is 36.1 Å². The highest BCUT2D eigenvalue weighted by Gasteiger charge is 2.49. The second-order valence-electron chi connectivity index (χ2n) is 8.64. The van der Waals surface area contributed by atoms with E-state index in [4.69, 9.17) is 4.74 Å². The zero-order chi connectivity index (χ0) is 22.6. The Morgan fingerprint density at radius 1 is 1.16 bits per heavy atom. The van der Waals surface area contributed by atoms with Crippen LogP contribution in [-0.4, -0.2) is 47.4 Å². The first kappa shape index (κ1) is 22.8. The second kappa shape index (κ2) is 9.49. The molecule has 0 unspecified atom stereocenters. The van der Waals surface area contributed by atoms with Gasteiger partial charge in [-0.25, -0.2) is 4.79 Å². The van der Waals surface area contributed by atoms with Gasteiger partial charge in [-0.3, -0.25) is 19.3 Å². The van der Waals surface area contributed by atoms with Gasteiger partial charge in [-0.2, -0.15) is 0 Å². The Hall–Kier alpha value is -2.90. The second-order valence-corrected chi connectivity index (χ2v) is 8.64. The summed E-state index contributed by atoms with van der Waals surface area (Å²) in [5.74, 6) is -1.70. The summed E-state index contributed by atoms with van der Waals surface area (Å²) >= 11 is 0. The summed E-state index contributed by atoms with van der Waals surface area (Å²) in [5, 5.41) is 5.60. The Morgan fingerprint density at radius 3 is 2.39 bits per heavy atom. The summed E-state index contributed by atoms with van der Waals surface area (Å²) in [6.45, 7) is 4.47. The Bertz CT molecular complexity index is 845. The third-order valence-electron chi connectivity index (χ3n) is 6.07. The molecule has 0 aromatic heterocycles. The molecule has 1 saturated carbocycles. The summed E-state index contributed by atoms with van der Waals surface area (Å²) in [5.41, 5.74) is 0.400. The fourth-order valence-electron chi connectivity index (χ4n) is 4.08. The van der Waals surface area contributed by atoms with Crippen LogP contribution in [0.25, 0.3) is 0 Å². The van der Waals surface area contributed by atoms with Crippen LogP contribution in [-0.2, 0) is 24.7 Å². The molecule has 2 aliphatic rings. The molecule has 1 aromatic carbocycles. The Morgan fingerprint density at radius 2 is 1.77 bits per heavy atom. The van der Waals surface area contributed by atoms with E-state index in [1.165, 1.54) is 19.8 Å². The fraction of sp³-hybridized carbons (Fsp3) is 0.565. The molecule has 3 rings (SSSR count). The summed E-state index contributed by atoms with van der Waals surface area (Å²) in [6, 6.07) is 6.68. The van der Waals surface area contributed by atoms with E-state index in [1.54, 1.807) is 19.1 Å². The van der Waals surface area contributed by atoms with E-state index in [-0.39, 0.29) is 11.9 Å². The van der Waals surface area contributed by atoms with E-state index in [1.807, 2.05) is 19.1 Å². The maximum Gasteiger partial charge on any atom is 0.327 e. The lowest BCUT2D eigenvalue weighted by Crippen LogP contribution is -2.44. The first-order valence-electron chi connectivity index (χ1n) is 10.9. The molecule has 0 bridgehead atoms. The van der Waals surface area contributed by atoms with Gasteiger partial charge in [0, 0.05) is 6.04 Å². The normalized spacial score (nSPS) is 23.1. The molecule has 2 fully saturated rings. The van der Waals surface area contributed by atoms with Gasteiger partial charge in [-0.1, -0.05) is 55.5 Å². The van der Waals surface area contributed by atoms with Gasteiger partial charge in [0.05, 0.1) is 0 Å². The molecule has 8 nitrogen and oxygen atoms in total. The van der Waals surface area contributed by atoms with Crippen molar-refractivity contribution in [3.05, 3.63) is 35.4 Å². The number of hydrogen-bond acceptors (Lipinski definition) is 5. The molecule has 31 heavy (non-hydrogen) atoms. The Balaban J connectivity index is 1.57. The van der Waals surface area contributed by atoms with Crippen molar-refractivity contribution < 1.29 is 23.9 Å². The third kappa shape index (κ3) is 5.24. The van der Waals surface area contributed by atoms with Crippen LogP contribution >= 0.6 is 0 Å². The predicted octanol–water partition coefficient (Wildman–Crippen LogP) is 2.53. The maximum atomic E-state index is 12.9. The molecule has 1 aliphatic heterocycles. The van der Waals surface area contributed by atoms with E-state index >= 15 is 0 Å². The number of esters is 1. The lowest BCUT2D eigenvalue weighted by Gasteiger charge is -2.22. The average Bonchev–Trinajstić information content (AvgIpc) is 2.90. The summed E-state index contributed by atoms with van der Waals surface area (Å²) in [7, 11) is 0. The molecule has 1 aromatic rings. The van der Waals surface area contributed by atoms with Crippen LogP contribution in [0.3, 0.4) is 0 Å². The smallest absolute Gasteiger partial charge is 0.327 e. The molecule has 1 aliphatic carbocycles. The largest absolute Gasteiger partial charge is 0.451 e. The number of nitrogens with zero attached hydrogens (tertiary/aromatic N) is 1. The van der Waals surface area contributed by atoms with Crippen molar-refractivity contribution >= 4 is 23.8 Å². The number of amides is 4. The van der Waals surface area contributed by atoms with Gasteiger partial charge in [0.1, 0.15) is 12.1 Å². The molecular weight excluding hydrogens is 398 g/mol. The maximum absolute atomic E-state index is 12.9. The minimum Gasteiger partial charge on any atom is -0.451 e. The number of carbonyl (C=O) groups excluding carboxylic acids is 4. The average molecular weight is 430 g/mol. The van der Waals surface area contributed by atoms with E-state index < -0.39 is 36.1 Å². The third-order valence-corrected chi connectivity index (χ3v) is 6.07. The van der Waals surface area contributed by atoms with E-state index in [9.17, 15) is 19.2 Å². The number of urea groups is 1. The SMILES string of the molecule is Cc1ccc([C@@]2(C)NC(=O)N(CC(=O)O[C@H](C)C(=O)NC3CCCCCC3)C2=O)cc1. The molecule has 0 spiro atoms. The van der Waals surface area contributed by atoms with Crippen LogP contribution in [0.15, 0.2) is 24.3 Å². The van der Waals surface area contributed by atoms with Crippen molar-refractivity contribution in [2.45, 2.75) is 77.0 Å². The van der Waals surface area contributed by atoms with Crippen molar-refractivity contribution in [1.82, 2.24) is 15.5 Å². The van der Waals surface area contributed by atoms with Crippen LogP contribution in [0.2, 0.25) is 0 Å². The van der Waals surface area contributed by atoms with Gasteiger partial charge in [0.15, 0.2) is 6.10 Å². The van der Waals surface area contributed by atoms with Crippen LogP contribution in [0.5, 0.6) is 0 Å². The quantitative estimate of drug-likeness (QED) is 0.411. The number of imide groups is 1. The summed E-state index contributed by atoms with van der Waals surface area (Å²) < 4.78 is 5.21. The fourth-order valence-corrected chi connectivity index (χ4v) is 4.08. The number of hydrogen-bond donors (Lipinski definition) is 2. The first-order valence-corrected chi connectivity index (χ1v) is 10.9. The van der Waals surface area contributed by atoms with Crippen molar-refractivity contribution in [2.24, 2.45) is 0 Å². The van der Waals surface area contributed by atoms with E-state index in [2.05, 4.69) is 10.6 Å². The molecule has 2 N–H and O–H groups in total. The lowest BCUT2D eigenvalue weighted by molar-refractivity contribution is -0.156. The number of benzene rings is 1. The van der Waals surface area contributed by atoms with Crippen LogP contribution in [0.1, 0.15) is 63.5 Å². The molecule has 1 saturated heterocycles. The van der Waals surface area contributed by atoms with Crippen LogP contribution in [0.4, 0.5) is 4.79 Å². The minimum absolute atomic E-state index is 0.0947. The standard InChI is InChI=1S/C23H31N3O5/c1-15-10-12-17(13-11-15)23(3)21(29)26(22(30)25-23)14-19(27)31-16(2)20(28)24-18-8-6-4-5-7-9-18/h10-13,16,18H,4-9,14H2,1-3H3,(H,24,28)(H,25,30)/t16-,23-/m1/s1. The number of carbonyl (C=O) groups is 4. The lowest BCUT2D eigenvalue weighted by atomic mass is 9.91. The first-order chi connectivity index (χ1) is 14.7. The highest BCUT2D eigenvalue weighted by atomic mass is 16.5. The topological polar surface area (TPSA) is 105 Å². The van der Waals surface area contributed by atoms with Gasteiger partial charge in [0.25, 0.3) is 11.8 Å². The van der Waals surface area contributed by atoms with Crippen LogP contribution < -0.4 is 10.6 Å². The van der Waals surface area contributed by atoms with Gasteiger partial charge in [-0.05, 0) is 39.2 Å². The number of aryl methyl sites for hydroxylation is 1. The van der Waals surface area contributed by atoms with E-state index in [0.29, 0.717) is 5.56 Å². The highest BCUT2D eigenvalue weighted by Crippen LogP contribution is 2.29. The molecule has 4 amide bonds. The monoisotopic (exact) mass is 429 g/mol. The van der Waals surface area contributed by atoms with Crippen molar-refractivity contribution in [1.29, 1.82) is 0 Å². The van der Waals surface area contributed by atoms with Crippen molar-refractivity contribution in [3.8, 4) is 0 Å². The Labute approximate surface area is 182 Å². The molecular formula is C23H31N3O5. The van der Waals surface area contributed by atoms with Crippen molar-refractivity contribution in [3.63, 3.8) is 0 Å². The number of nitrogens with one attached hydrogen (secondary N) is 2. The van der Waals surface area contributed by atoms with Gasteiger partial charge >= 0.3 is 12.0 Å². The molecule has 8 heteroatoms. The van der Waals surface area contributed by atoms with Crippen LogP contribution in [0, 0.1) is 6.92 Å². The molecule has 2 atom stereocenters. The minimum atomic E-state index is -1.26. The summed E-state index contributed by atoms with van der Waals surface area (Å²) in [6.07, 6.45) is 5.34. The number of rotatable bonds is 6. The van der Waals surface area contributed by atoms with Crippen molar-refractivity contribution in [2.75, 3.05) is 6.54 Å². The Kier molecular flexibility index (Phi) is 6.97.